The van der Waals surface area contributed by atoms with E-state index in [1.165, 1.54) is 11.1 Å². The van der Waals surface area contributed by atoms with Crippen LogP contribution in [-0.4, -0.2) is 13.7 Å². The fraction of sp³-hybridized carbons (Fsp3) is 0.222. The van der Waals surface area contributed by atoms with Crippen LogP contribution in [0.1, 0.15) is 16.7 Å². The van der Waals surface area contributed by atoms with Crippen molar-refractivity contribution in [2.45, 2.75) is 11.5 Å². The van der Waals surface area contributed by atoms with E-state index in [0.29, 0.717) is 6.54 Å². The SMILES string of the molecule is COc1ccc(C#CCN)cc1CSCc1ccccc1. The number of rotatable bonds is 5. The molecule has 0 aliphatic rings. The predicted octanol–water partition coefficient (Wildman–Crippen LogP) is 3.44. The number of benzene rings is 2. The van der Waals surface area contributed by atoms with Gasteiger partial charge >= 0.3 is 0 Å². The van der Waals surface area contributed by atoms with Crippen molar-refractivity contribution in [3.63, 3.8) is 0 Å². The fourth-order valence-electron chi connectivity index (χ4n) is 1.98. The van der Waals surface area contributed by atoms with Gasteiger partial charge in [0.05, 0.1) is 13.7 Å². The average molecular weight is 297 g/mol. The molecule has 0 unspecified atom stereocenters. The standard InChI is InChI=1S/C18H19NOS/c1-20-18-10-9-15(8-5-11-19)12-17(18)14-21-13-16-6-3-2-4-7-16/h2-4,6-7,9-10,12H,11,13-14,19H2,1H3. The van der Waals surface area contributed by atoms with Crippen LogP contribution in [0.15, 0.2) is 48.5 Å². The second-order valence-electron chi connectivity index (χ2n) is 4.51. The van der Waals surface area contributed by atoms with Gasteiger partial charge in [0.1, 0.15) is 5.75 Å². The monoisotopic (exact) mass is 297 g/mol. The first-order chi connectivity index (χ1) is 10.3. The molecule has 0 atom stereocenters. The molecule has 0 aromatic heterocycles. The zero-order valence-corrected chi connectivity index (χ0v) is 13.0. The smallest absolute Gasteiger partial charge is 0.122 e. The summed E-state index contributed by atoms with van der Waals surface area (Å²) >= 11 is 1.87. The van der Waals surface area contributed by atoms with Crippen LogP contribution >= 0.6 is 11.8 Å². The minimum Gasteiger partial charge on any atom is -0.496 e. The van der Waals surface area contributed by atoms with E-state index in [1.54, 1.807) is 7.11 Å². The first-order valence-electron chi connectivity index (χ1n) is 6.81. The lowest BCUT2D eigenvalue weighted by atomic mass is 10.1. The van der Waals surface area contributed by atoms with Crippen LogP contribution in [0, 0.1) is 11.8 Å². The topological polar surface area (TPSA) is 35.2 Å². The van der Waals surface area contributed by atoms with E-state index in [1.807, 2.05) is 30.0 Å². The molecule has 108 valence electrons. The molecule has 0 saturated heterocycles. The van der Waals surface area contributed by atoms with Gasteiger partial charge in [0.25, 0.3) is 0 Å². The second kappa shape index (κ2) is 8.41. The average Bonchev–Trinajstić information content (AvgIpc) is 2.54. The minimum absolute atomic E-state index is 0.379. The largest absolute Gasteiger partial charge is 0.496 e. The van der Waals surface area contributed by atoms with E-state index in [2.05, 4.69) is 42.2 Å². The molecule has 2 nitrogen and oxygen atoms in total. The molecular weight excluding hydrogens is 278 g/mol. The van der Waals surface area contributed by atoms with Gasteiger partial charge in [-0.3, -0.25) is 0 Å². The summed E-state index contributed by atoms with van der Waals surface area (Å²) in [5, 5.41) is 0. The third-order valence-electron chi connectivity index (χ3n) is 2.98. The van der Waals surface area contributed by atoms with Gasteiger partial charge in [0.2, 0.25) is 0 Å². The van der Waals surface area contributed by atoms with E-state index in [-0.39, 0.29) is 0 Å². The first-order valence-corrected chi connectivity index (χ1v) is 7.96. The van der Waals surface area contributed by atoms with E-state index < -0.39 is 0 Å². The Morgan fingerprint density at radius 1 is 1.10 bits per heavy atom. The van der Waals surface area contributed by atoms with E-state index in [9.17, 15) is 0 Å². The molecule has 0 aliphatic carbocycles. The Bertz CT molecular complexity index is 629. The Hall–Kier alpha value is -1.89. The van der Waals surface area contributed by atoms with E-state index in [0.717, 1.165) is 22.8 Å². The van der Waals surface area contributed by atoms with Gasteiger partial charge in [0.15, 0.2) is 0 Å². The number of methoxy groups -OCH3 is 1. The first kappa shape index (κ1) is 15.5. The third-order valence-corrected chi connectivity index (χ3v) is 4.04. The van der Waals surface area contributed by atoms with Gasteiger partial charge < -0.3 is 10.5 Å². The van der Waals surface area contributed by atoms with E-state index in [4.69, 9.17) is 10.5 Å². The van der Waals surface area contributed by atoms with Crippen molar-refractivity contribution in [1.82, 2.24) is 0 Å². The van der Waals surface area contributed by atoms with Gasteiger partial charge in [-0.1, -0.05) is 42.2 Å². The molecule has 0 aliphatic heterocycles. The summed E-state index contributed by atoms with van der Waals surface area (Å²) in [5.74, 6) is 8.74. The fourth-order valence-corrected chi connectivity index (χ4v) is 2.95. The molecule has 2 aromatic carbocycles. The van der Waals surface area contributed by atoms with Crippen molar-refractivity contribution in [2.75, 3.05) is 13.7 Å². The molecule has 2 N–H and O–H groups in total. The quantitative estimate of drug-likeness (QED) is 0.859. The van der Waals surface area contributed by atoms with Crippen LogP contribution < -0.4 is 10.5 Å². The molecule has 2 aromatic rings. The number of hydrogen-bond acceptors (Lipinski definition) is 3. The molecule has 0 spiro atoms. The van der Waals surface area contributed by atoms with Crippen LogP contribution in [0.5, 0.6) is 5.75 Å². The Labute approximate surface area is 130 Å². The molecule has 0 bridgehead atoms. The Morgan fingerprint density at radius 3 is 2.62 bits per heavy atom. The number of thioether (sulfide) groups is 1. The number of nitrogens with two attached hydrogens (primary N) is 1. The van der Waals surface area contributed by atoms with Gasteiger partial charge in [-0.25, -0.2) is 0 Å². The predicted molar refractivity (Wildman–Crippen MR) is 90.4 cm³/mol. The maximum absolute atomic E-state index is 5.42. The second-order valence-corrected chi connectivity index (χ2v) is 5.50. The molecule has 0 amide bonds. The van der Waals surface area contributed by atoms with Crippen LogP contribution in [0.3, 0.4) is 0 Å². The minimum atomic E-state index is 0.379. The maximum Gasteiger partial charge on any atom is 0.122 e. The molecule has 0 radical (unpaired) electrons. The highest BCUT2D eigenvalue weighted by Gasteiger charge is 2.04. The molecule has 0 heterocycles. The normalized spacial score (nSPS) is 9.81. The van der Waals surface area contributed by atoms with Gasteiger partial charge in [-0.05, 0) is 23.8 Å². The third kappa shape index (κ3) is 4.86. The molecule has 2 rings (SSSR count). The summed E-state index contributed by atoms with van der Waals surface area (Å²) in [6.07, 6.45) is 0. The highest BCUT2D eigenvalue weighted by molar-refractivity contribution is 7.97. The zero-order chi connectivity index (χ0) is 14.9. The lowest BCUT2D eigenvalue weighted by Gasteiger charge is -2.09. The number of hydrogen-bond donors (Lipinski definition) is 1. The van der Waals surface area contributed by atoms with Crippen LogP contribution in [0.4, 0.5) is 0 Å². The van der Waals surface area contributed by atoms with Crippen LogP contribution in [-0.2, 0) is 11.5 Å². The van der Waals surface area contributed by atoms with Crippen molar-refractivity contribution in [1.29, 1.82) is 0 Å². The maximum atomic E-state index is 5.42. The van der Waals surface area contributed by atoms with Crippen molar-refractivity contribution < 1.29 is 4.74 Å². The summed E-state index contributed by atoms with van der Waals surface area (Å²) < 4.78 is 5.42. The Morgan fingerprint density at radius 2 is 1.90 bits per heavy atom. The van der Waals surface area contributed by atoms with E-state index >= 15 is 0 Å². The number of ether oxygens (including phenoxy) is 1. The summed E-state index contributed by atoms with van der Waals surface area (Å²) in [5.41, 5.74) is 8.90. The van der Waals surface area contributed by atoms with Crippen molar-refractivity contribution in [2.24, 2.45) is 5.73 Å². The van der Waals surface area contributed by atoms with Crippen molar-refractivity contribution in [3.05, 3.63) is 65.2 Å². The lowest BCUT2D eigenvalue weighted by Crippen LogP contribution is -1.94. The highest BCUT2D eigenvalue weighted by Crippen LogP contribution is 2.26. The molecule has 0 fully saturated rings. The Kier molecular flexibility index (Phi) is 6.21. The summed E-state index contributed by atoms with van der Waals surface area (Å²) in [4.78, 5) is 0. The van der Waals surface area contributed by atoms with Gasteiger partial charge in [0, 0.05) is 22.6 Å². The summed E-state index contributed by atoms with van der Waals surface area (Å²) in [6.45, 7) is 0.379. The van der Waals surface area contributed by atoms with Crippen molar-refractivity contribution >= 4 is 11.8 Å². The van der Waals surface area contributed by atoms with Crippen molar-refractivity contribution in [3.8, 4) is 17.6 Å². The summed E-state index contributed by atoms with van der Waals surface area (Å²) in [7, 11) is 1.70. The lowest BCUT2D eigenvalue weighted by molar-refractivity contribution is 0.411. The highest BCUT2D eigenvalue weighted by atomic mass is 32.2. The molecular formula is C18H19NOS. The van der Waals surface area contributed by atoms with Gasteiger partial charge in [-0.15, -0.1) is 0 Å². The molecule has 21 heavy (non-hydrogen) atoms. The molecule has 0 saturated carbocycles. The zero-order valence-electron chi connectivity index (χ0n) is 12.1. The van der Waals surface area contributed by atoms with Crippen LogP contribution in [0.25, 0.3) is 0 Å². The summed E-state index contributed by atoms with van der Waals surface area (Å²) in [6, 6.07) is 16.5. The Balaban J connectivity index is 2.03. The van der Waals surface area contributed by atoms with Gasteiger partial charge in [-0.2, -0.15) is 11.8 Å². The molecule has 3 heteroatoms. The van der Waals surface area contributed by atoms with Crippen LogP contribution in [0.2, 0.25) is 0 Å².